The van der Waals surface area contributed by atoms with Crippen molar-refractivity contribution < 1.29 is 14.0 Å². The zero-order valence-electron chi connectivity index (χ0n) is 6.40. The SMILES string of the molecule is CP(=O)(O)Oc1ccccc1Cl. The van der Waals surface area contributed by atoms with Crippen LogP contribution in [0.25, 0.3) is 0 Å². The molecular weight excluding hydrogens is 199 g/mol. The molecule has 0 amide bonds. The molecule has 0 saturated carbocycles. The summed E-state index contributed by atoms with van der Waals surface area (Å²) in [5.74, 6) is 0.229. The van der Waals surface area contributed by atoms with Crippen LogP contribution in [0.3, 0.4) is 0 Å². The van der Waals surface area contributed by atoms with Crippen LogP contribution in [0.4, 0.5) is 0 Å². The normalized spacial score (nSPS) is 15.2. The van der Waals surface area contributed by atoms with E-state index in [4.69, 9.17) is 21.0 Å². The molecule has 0 fully saturated rings. The molecule has 0 saturated heterocycles. The minimum Gasteiger partial charge on any atom is -0.423 e. The summed E-state index contributed by atoms with van der Waals surface area (Å²) in [4.78, 5) is 8.87. The van der Waals surface area contributed by atoms with E-state index < -0.39 is 7.60 Å². The first-order valence-electron chi connectivity index (χ1n) is 3.23. The van der Waals surface area contributed by atoms with Crippen molar-refractivity contribution in [3.63, 3.8) is 0 Å². The fourth-order valence-electron chi connectivity index (χ4n) is 0.701. The second kappa shape index (κ2) is 3.48. The Morgan fingerprint density at radius 2 is 2.08 bits per heavy atom. The van der Waals surface area contributed by atoms with Crippen LogP contribution in [-0.2, 0) is 4.57 Å². The quantitative estimate of drug-likeness (QED) is 0.757. The Balaban J connectivity index is 2.90. The van der Waals surface area contributed by atoms with Crippen LogP contribution in [0, 0.1) is 0 Å². The molecule has 66 valence electrons. The van der Waals surface area contributed by atoms with E-state index in [0.29, 0.717) is 5.02 Å². The molecule has 0 radical (unpaired) electrons. The molecule has 1 aromatic rings. The van der Waals surface area contributed by atoms with Crippen LogP contribution >= 0.6 is 19.2 Å². The number of para-hydroxylation sites is 1. The lowest BCUT2D eigenvalue weighted by atomic mass is 10.3. The van der Waals surface area contributed by atoms with Crippen molar-refractivity contribution in [3.8, 4) is 5.75 Å². The molecule has 0 bridgehead atoms. The highest BCUT2D eigenvalue weighted by Gasteiger charge is 2.13. The molecule has 1 rings (SSSR count). The van der Waals surface area contributed by atoms with Gasteiger partial charge in [-0.05, 0) is 12.1 Å². The third kappa shape index (κ3) is 2.86. The molecule has 0 aliphatic heterocycles. The van der Waals surface area contributed by atoms with E-state index in [0.717, 1.165) is 6.66 Å². The average Bonchev–Trinajstić information content (AvgIpc) is 1.91. The van der Waals surface area contributed by atoms with Gasteiger partial charge in [-0.15, -0.1) is 0 Å². The van der Waals surface area contributed by atoms with E-state index in [1.807, 2.05) is 0 Å². The summed E-state index contributed by atoms with van der Waals surface area (Å²) in [6, 6.07) is 6.52. The molecule has 0 spiro atoms. The Hall–Kier alpha value is -0.500. The lowest BCUT2D eigenvalue weighted by Gasteiger charge is -2.08. The molecular formula is C7H8ClO3P. The molecule has 0 aliphatic carbocycles. The number of rotatable bonds is 2. The van der Waals surface area contributed by atoms with E-state index in [1.165, 1.54) is 6.07 Å². The van der Waals surface area contributed by atoms with Crippen molar-refractivity contribution in [1.29, 1.82) is 0 Å². The Bertz CT molecular complexity index is 320. The smallest absolute Gasteiger partial charge is 0.373 e. The van der Waals surface area contributed by atoms with Gasteiger partial charge in [0.2, 0.25) is 0 Å². The van der Waals surface area contributed by atoms with Crippen molar-refractivity contribution in [2.45, 2.75) is 0 Å². The largest absolute Gasteiger partial charge is 0.423 e. The van der Waals surface area contributed by atoms with Gasteiger partial charge < -0.3 is 9.42 Å². The summed E-state index contributed by atoms with van der Waals surface area (Å²) < 4.78 is 15.5. The molecule has 12 heavy (non-hydrogen) atoms. The molecule has 1 N–H and O–H groups in total. The topological polar surface area (TPSA) is 46.5 Å². The highest BCUT2D eigenvalue weighted by atomic mass is 35.5. The second-order valence-corrected chi connectivity index (χ2v) is 4.52. The predicted molar refractivity (Wildman–Crippen MR) is 47.8 cm³/mol. The number of benzene rings is 1. The molecule has 1 unspecified atom stereocenters. The first-order chi connectivity index (χ1) is 5.49. The average molecular weight is 207 g/mol. The van der Waals surface area contributed by atoms with Crippen LogP contribution in [0.5, 0.6) is 5.75 Å². The van der Waals surface area contributed by atoms with Crippen molar-refractivity contribution in [2.24, 2.45) is 0 Å². The molecule has 1 aromatic carbocycles. The van der Waals surface area contributed by atoms with Gasteiger partial charge in [0.15, 0.2) is 0 Å². The zero-order chi connectivity index (χ0) is 9.19. The van der Waals surface area contributed by atoms with Crippen molar-refractivity contribution in [1.82, 2.24) is 0 Å². The first kappa shape index (κ1) is 9.59. The van der Waals surface area contributed by atoms with E-state index in [-0.39, 0.29) is 5.75 Å². The molecule has 0 aliphatic rings. The van der Waals surface area contributed by atoms with E-state index in [1.54, 1.807) is 18.2 Å². The molecule has 0 heterocycles. The van der Waals surface area contributed by atoms with E-state index in [9.17, 15) is 4.57 Å². The van der Waals surface area contributed by atoms with Crippen LogP contribution in [0.15, 0.2) is 24.3 Å². The van der Waals surface area contributed by atoms with Gasteiger partial charge in [-0.25, -0.2) is 4.57 Å². The zero-order valence-corrected chi connectivity index (χ0v) is 8.05. The summed E-state index contributed by atoms with van der Waals surface area (Å²) in [5.41, 5.74) is 0. The van der Waals surface area contributed by atoms with Crippen LogP contribution in [0.1, 0.15) is 0 Å². The summed E-state index contributed by atoms with van der Waals surface area (Å²) in [7, 11) is -3.50. The standard InChI is InChI=1S/C7H8ClO3P/c1-12(9,10)11-7-5-3-2-4-6(7)8/h2-5H,1H3,(H,9,10). The summed E-state index contributed by atoms with van der Waals surface area (Å²) >= 11 is 5.67. The number of halogens is 1. The first-order valence-corrected chi connectivity index (χ1v) is 5.64. The van der Waals surface area contributed by atoms with Crippen LogP contribution < -0.4 is 4.52 Å². The van der Waals surface area contributed by atoms with Gasteiger partial charge in [-0.2, -0.15) is 0 Å². The predicted octanol–water partition coefficient (Wildman–Crippen LogP) is 2.53. The highest BCUT2D eigenvalue weighted by molar-refractivity contribution is 7.52. The summed E-state index contributed by atoms with van der Waals surface area (Å²) in [6.07, 6.45) is 0. The van der Waals surface area contributed by atoms with Crippen molar-refractivity contribution in [2.75, 3.05) is 6.66 Å². The number of hydrogen-bond acceptors (Lipinski definition) is 2. The van der Waals surface area contributed by atoms with Gasteiger partial charge in [-0.3, -0.25) is 0 Å². The van der Waals surface area contributed by atoms with E-state index in [2.05, 4.69) is 0 Å². The fraction of sp³-hybridized carbons (Fsp3) is 0.143. The molecule has 5 heteroatoms. The maximum atomic E-state index is 10.8. The minimum absolute atomic E-state index is 0.229. The van der Waals surface area contributed by atoms with Gasteiger partial charge in [0.25, 0.3) is 0 Å². The third-order valence-corrected chi connectivity index (χ3v) is 1.95. The minimum atomic E-state index is -3.50. The van der Waals surface area contributed by atoms with Gasteiger partial charge >= 0.3 is 7.60 Å². The van der Waals surface area contributed by atoms with Gasteiger partial charge in [0.05, 0.1) is 5.02 Å². The monoisotopic (exact) mass is 206 g/mol. The Kier molecular flexibility index (Phi) is 2.78. The Labute approximate surface area is 75.5 Å². The Morgan fingerprint density at radius 3 is 2.58 bits per heavy atom. The molecule has 3 nitrogen and oxygen atoms in total. The molecule has 0 aromatic heterocycles. The fourth-order valence-corrected chi connectivity index (χ4v) is 1.45. The lowest BCUT2D eigenvalue weighted by molar-refractivity contribution is 0.387. The summed E-state index contributed by atoms with van der Waals surface area (Å²) in [5, 5.41) is 0.327. The van der Waals surface area contributed by atoms with Crippen LogP contribution in [-0.4, -0.2) is 11.6 Å². The van der Waals surface area contributed by atoms with Gasteiger partial charge in [-0.1, -0.05) is 23.7 Å². The van der Waals surface area contributed by atoms with Crippen molar-refractivity contribution in [3.05, 3.63) is 29.3 Å². The second-order valence-electron chi connectivity index (χ2n) is 2.32. The highest BCUT2D eigenvalue weighted by Crippen LogP contribution is 2.40. The van der Waals surface area contributed by atoms with Crippen molar-refractivity contribution >= 4 is 19.2 Å². The van der Waals surface area contributed by atoms with E-state index >= 15 is 0 Å². The maximum Gasteiger partial charge on any atom is 0.373 e. The third-order valence-electron chi connectivity index (χ3n) is 1.10. The van der Waals surface area contributed by atoms with Gasteiger partial charge in [0.1, 0.15) is 5.75 Å². The maximum absolute atomic E-state index is 10.8. The van der Waals surface area contributed by atoms with Crippen LogP contribution in [0.2, 0.25) is 5.02 Å². The summed E-state index contributed by atoms with van der Waals surface area (Å²) in [6.45, 7) is 1.11. The number of hydrogen-bond donors (Lipinski definition) is 1. The van der Waals surface area contributed by atoms with Gasteiger partial charge in [0, 0.05) is 6.66 Å². The molecule has 1 atom stereocenters. The Morgan fingerprint density at radius 1 is 1.50 bits per heavy atom. The lowest BCUT2D eigenvalue weighted by Crippen LogP contribution is -1.89.